The summed E-state index contributed by atoms with van der Waals surface area (Å²) in [5, 5.41) is 7.53. The lowest BCUT2D eigenvalue weighted by Crippen LogP contribution is -2.40. The Morgan fingerprint density at radius 1 is 1.20 bits per heavy atom. The monoisotopic (exact) mass is 272 g/mol. The summed E-state index contributed by atoms with van der Waals surface area (Å²) in [6.45, 7) is 1.92. The van der Waals surface area contributed by atoms with Crippen LogP contribution in [0.2, 0.25) is 0 Å². The molecule has 0 aromatic carbocycles. The molecule has 106 valence electrons. The third kappa shape index (κ3) is 2.06. The van der Waals surface area contributed by atoms with Crippen LogP contribution in [0.15, 0.2) is 29.0 Å². The second-order valence-electron chi connectivity index (χ2n) is 5.97. The van der Waals surface area contributed by atoms with Crippen LogP contribution in [-0.2, 0) is 0 Å². The van der Waals surface area contributed by atoms with Gasteiger partial charge in [-0.15, -0.1) is 0 Å². The molecule has 0 bridgehead atoms. The summed E-state index contributed by atoms with van der Waals surface area (Å²) in [7, 11) is 0. The fourth-order valence-corrected chi connectivity index (χ4v) is 3.39. The molecule has 2 aliphatic rings. The molecule has 1 aliphatic carbocycles. The molecule has 2 fully saturated rings. The predicted octanol–water partition coefficient (Wildman–Crippen LogP) is 2.34. The van der Waals surface area contributed by atoms with Crippen molar-refractivity contribution in [1.82, 2.24) is 20.0 Å². The minimum absolute atomic E-state index is 0.234. The number of nitrogens with zero attached hydrogens (tertiary/aromatic N) is 3. The van der Waals surface area contributed by atoms with Gasteiger partial charge in [0.15, 0.2) is 5.82 Å². The summed E-state index contributed by atoms with van der Waals surface area (Å²) in [6.07, 6.45) is 9.39. The van der Waals surface area contributed by atoms with Crippen LogP contribution in [-0.4, -0.2) is 27.8 Å². The Balaban J connectivity index is 1.64. The second kappa shape index (κ2) is 5.05. The van der Waals surface area contributed by atoms with E-state index in [0.29, 0.717) is 11.8 Å². The van der Waals surface area contributed by atoms with E-state index in [1.165, 1.54) is 25.7 Å². The van der Waals surface area contributed by atoms with Crippen LogP contribution in [0.1, 0.15) is 49.4 Å². The first-order chi connectivity index (χ1) is 9.92. The molecule has 1 saturated carbocycles. The average molecular weight is 272 g/mol. The molecule has 5 nitrogen and oxygen atoms in total. The molecular weight excluding hydrogens is 252 g/mol. The van der Waals surface area contributed by atoms with Gasteiger partial charge in [-0.2, -0.15) is 4.98 Å². The molecule has 0 unspecified atom stereocenters. The van der Waals surface area contributed by atoms with Gasteiger partial charge >= 0.3 is 0 Å². The lowest BCUT2D eigenvalue weighted by Gasteiger charge is -2.23. The van der Waals surface area contributed by atoms with Gasteiger partial charge in [0.05, 0.1) is 12.0 Å². The van der Waals surface area contributed by atoms with E-state index < -0.39 is 0 Å². The van der Waals surface area contributed by atoms with E-state index in [1.54, 1.807) is 0 Å². The standard InChI is InChI=1S/C15H20N4O/c1-2-6-11(5-1)13(19-7-3-4-8-19)14-17-15(20-18-14)12-9-16-10-12/h3-4,7-8,11-13,16H,1-2,5-6,9-10H2/t13-/m0/s1. The quantitative estimate of drug-likeness (QED) is 0.928. The summed E-state index contributed by atoms with van der Waals surface area (Å²) in [5.74, 6) is 2.70. The molecule has 3 heterocycles. The fourth-order valence-electron chi connectivity index (χ4n) is 3.39. The lowest BCUT2D eigenvalue weighted by molar-refractivity contribution is 0.299. The summed E-state index contributed by atoms with van der Waals surface area (Å²) in [4.78, 5) is 4.69. The number of hydrogen-bond donors (Lipinski definition) is 1. The highest BCUT2D eigenvalue weighted by Gasteiger charge is 2.33. The van der Waals surface area contributed by atoms with Crippen molar-refractivity contribution in [3.63, 3.8) is 0 Å². The van der Waals surface area contributed by atoms with Crippen molar-refractivity contribution in [3.8, 4) is 0 Å². The highest BCUT2D eigenvalue weighted by molar-refractivity contribution is 5.08. The predicted molar refractivity (Wildman–Crippen MR) is 74.4 cm³/mol. The van der Waals surface area contributed by atoms with Crippen molar-refractivity contribution in [2.24, 2.45) is 5.92 Å². The van der Waals surface area contributed by atoms with Crippen LogP contribution in [0, 0.1) is 5.92 Å². The van der Waals surface area contributed by atoms with E-state index >= 15 is 0 Å². The number of rotatable bonds is 4. The number of hydrogen-bond acceptors (Lipinski definition) is 4. The molecule has 1 atom stereocenters. The maximum Gasteiger partial charge on any atom is 0.232 e. The van der Waals surface area contributed by atoms with Crippen LogP contribution in [0.4, 0.5) is 0 Å². The maximum absolute atomic E-state index is 5.49. The zero-order chi connectivity index (χ0) is 13.4. The Bertz CT molecular complexity index is 552. The van der Waals surface area contributed by atoms with Crippen LogP contribution in [0.3, 0.4) is 0 Å². The van der Waals surface area contributed by atoms with Crippen molar-refractivity contribution in [3.05, 3.63) is 36.2 Å². The summed E-state index contributed by atoms with van der Waals surface area (Å²) in [6, 6.07) is 4.37. The molecule has 0 radical (unpaired) electrons. The summed E-state index contributed by atoms with van der Waals surface area (Å²) in [5.41, 5.74) is 0. The van der Waals surface area contributed by atoms with E-state index in [4.69, 9.17) is 9.51 Å². The average Bonchev–Trinajstić information content (AvgIpc) is 3.10. The normalized spacial score (nSPS) is 22.0. The number of nitrogens with one attached hydrogen (secondary N) is 1. The zero-order valence-electron chi connectivity index (χ0n) is 11.5. The first kappa shape index (κ1) is 12.1. The molecule has 1 N–H and O–H groups in total. The Morgan fingerprint density at radius 3 is 2.60 bits per heavy atom. The van der Waals surface area contributed by atoms with E-state index in [0.717, 1.165) is 24.8 Å². The van der Waals surface area contributed by atoms with Gasteiger partial charge in [-0.25, -0.2) is 0 Å². The third-order valence-electron chi connectivity index (χ3n) is 4.65. The molecule has 2 aromatic heterocycles. The van der Waals surface area contributed by atoms with Crippen molar-refractivity contribution < 1.29 is 4.52 Å². The maximum atomic E-state index is 5.49. The van der Waals surface area contributed by atoms with Gasteiger partial charge in [0, 0.05) is 25.5 Å². The molecule has 5 heteroatoms. The van der Waals surface area contributed by atoms with Gasteiger partial charge in [0.1, 0.15) is 0 Å². The third-order valence-corrected chi connectivity index (χ3v) is 4.65. The molecule has 0 spiro atoms. The van der Waals surface area contributed by atoms with Crippen LogP contribution in [0.25, 0.3) is 0 Å². The van der Waals surface area contributed by atoms with E-state index in [9.17, 15) is 0 Å². The highest BCUT2D eigenvalue weighted by atomic mass is 16.5. The number of aromatic nitrogens is 3. The van der Waals surface area contributed by atoms with Crippen molar-refractivity contribution in [2.45, 2.75) is 37.6 Å². The Morgan fingerprint density at radius 2 is 1.95 bits per heavy atom. The molecule has 2 aromatic rings. The largest absolute Gasteiger partial charge is 0.343 e. The van der Waals surface area contributed by atoms with E-state index in [1.807, 2.05) is 0 Å². The van der Waals surface area contributed by atoms with Gasteiger partial charge in [-0.3, -0.25) is 0 Å². The first-order valence-corrected chi connectivity index (χ1v) is 7.58. The first-order valence-electron chi connectivity index (χ1n) is 7.58. The Labute approximate surface area is 118 Å². The molecular formula is C15H20N4O. The van der Waals surface area contributed by atoms with Gasteiger partial charge in [0.2, 0.25) is 5.89 Å². The van der Waals surface area contributed by atoms with E-state index in [2.05, 4.69) is 39.6 Å². The topological polar surface area (TPSA) is 55.9 Å². The Hall–Kier alpha value is -1.62. The second-order valence-corrected chi connectivity index (χ2v) is 5.97. The summed E-state index contributed by atoms with van der Waals surface area (Å²) >= 11 is 0. The van der Waals surface area contributed by atoms with Gasteiger partial charge in [-0.1, -0.05) is 18.0 Å². The van der Waals surface area contributed by atoms with Gasteiger partial charge < -0.3 is 14.4 Å². The lowest BCUT2D eigenvalue weighted by atomic mass is 9.97. The zero-order valence-corrected chi connectivity index (χ0v) is 11.5. The van der Waals surface area contributed by atoms with Gasteiger partial charge in [0.25, 0.3) is 0 Å². The molecule has 1 saturated heterocycles. The molecule has 20 heavy (non-hydrogen) atoms. The molecule has 0 amide bonds. The van der Waals surface area contributed by atoms with Gasteiger partial charge in [-0.05, 0) is 30.9 Å². The minimum atomic E-state index is 0.234. The molecule has 1 aliphatic heterocycles. The smallest absolute Gasteiger partial charge is 0.232 e. The van der Waals surface area contributed by atoms with Crippen molar-refractivity contribution in [1.29, 1.82) is 0 Å². The summed E-state index contributed by atoms with van der Waals surface area (Å²) < 4.78 is 7.73. The van der Waals surface area contributed by atoms with Crippen LogP contribution >= 0.6 is 0 Å². The van der Waals surface area contributed by atoms with Crippen molar-refractivity contribution >= 4 is 0 Å². The SMILES string of the molecule is c1ccn([C@H](c2noc(C3CNC3)n2)C2CCCC2)c1. The fraction of sp³-hybridized carbons (Fsp3) is 0.600. The van der Waals surface area contributed by atoms with Crippen molar-refractivity contribution in [2.75, 3.05) is 13.1 Å². The van der Waals surface area contributed by atoms with Crippen LogP contribution in [0.5, 0.6) is 0 Å². The Kier molecular flexibility index (Phi) is 3.07. The highest BCUT2D eigenvalue weighted by Crippen LogP contribution is 2.37. The molecule has 4 rings (SSSR count). The minimum Gasteiger partial charge on any atom is -0.343 e. The van der Waals surface area contributed by atoms with E-state index in [-0.39, 0.29) is 6.04 Å². The van der Waals surface area contributed by atoms with Crippen LogP contribution < -0.4 is 5.32 Å².